The second-order valence-electron chi connectivity index (χ2n) is 5.77. The highest BCUT2D eigenvalue weighted by molar-refractivity contribution is 14.1. The van der Waals surface area contributed by atoms with Gasteiger partial charge in [0.2, 0.25) is 5.89 Å². The molecule has 4 rings (SSSR count). The van der Waals surface area contributed by atoms with Crippen molar-refractivity contribution in [3.8, 4) is 17.2 Å². The lowest BCUT2D eigenvalue weighted by atomic mass is 10.2. The first-order valence-corrected chi connectivity index (χ1v) is 9.72. The number of aromatic hydroxyl groups is 1. The zero-order valence-corrected chi connectivity index (χ0v) is 17.3. The number of aliphatic imine (C=N–C) groups is 1. The van der Waals surface area contributed by atoms with Crippen molar-refractivity contribution in [2.75, 3.05) is 0 Å². The van der Waals surface area contributed by atoms with Gasteiger partial charge in [-0.25, -0.2) is 4.98 Å². The number of hydrogen-bond acceptors (Lipinski definition) is 4. The van der Waals surface area contributed by atoms with Crippen LogP contribution in [0.4, 0.5) is 5.69 Å². The predicted octanol–water partition coefficient (Wildman–Crippen LogP) is 6.86. The first-order valence-electron chi connectivity index (χ1n) is 7.88. The first-order chi connectivity index (χ1) is 13.0. The molecule has 0 unspecified atom stereocenters. The summed E-state index contributed by atoms with van der Waals surface area (Å²) in [6, 6.07) is 16.5. The highest BCUT2D eigenvalue weighted by atomic mass is 127. The van der Waals surface area contributed by atoms with Crippen LogP contribution in [0.3, 0.4) is 0 Å². The van der Waals surface area contributed by atoms with Crippen molar-refractivity contribution in [2.45, 2.75) is 0 Å². The Bertz CT molecular complexity index is 1190. The quantitative estimate of drug-likeness (QED) is 0.243. The number of phenols is 1. The lowest BCUT2D eigenvalue weighted by Crippen LogP contribution is -1.84. The van der Waals surface area contributed by atoms with E-state index >= 15 is 0 Å². The van der Waals surface area contributed by atoms with E-state index in [0.29, 0.717) is 33.3 Å². The molecule has 134 valence electrons. The van der Waals surface area contributed by atoms with Crippen molar-refractivity contribution in [1.29, 1.82) is 0 Å². The minimum absolute atomic E-state index is 0.0618. The van der Waals surface area contributed by atoms with Gasteiger partial charge in [0.1, 0.15) is 11.3 Å². The summed E-state index contributed by atoms with van der Waals surface area (Å²) in [6.45, 7) is 0. The van der Waals surface area contributed by atoms with Crippen LogP contribution in [0.5, 0.6) is 5.75 Å². The van der Waals surface area contributed by atoms with Gasteiger partial charge in [-0.1, -0.05) is 29.3 Å². The van der Waals surface area contributed by atoms with Crippen LogP contribution in [0.15, 0.2) is 64.0 Å². The van der Waals surface area contributed by atoms with Crippen LogP contribution < -0.4 is 0 Å². The van der Waals surface area contributed by atoms with Crippen molar-refractivity contribution in [1.82, 2.24) is 4.98 Å². The molecule has 0 aliphatic heterocycles. The molecule has 4 aromatic rings. The van der Waals surface area contributed by atoms with Gasteiger partial charge in [-0.15, -0.1) is 0 Å². The molecular formula is C20H11Cl2IN2O2. The third-order valence-corrected chi connectivity index (χ3v) is 5.03. The first kappa shape index (κ1) is 18.3. The Labute approximate surface area is 178 Å². The normalized spacial score (nSPS) is 11.5. The molecule has 0 bridgehead atoms. The number of hydrogen-bond donors (Lipinski definition) is 1. The number of rotatable bonds is 3. The Kier molecular flexibility index (Phi) is 5.08. The van der Waals surface area contributed by atoms with Crippen molar-refractivity contribution in [2.24, 2.45) is 4.99 Å². The fourth-order valence-corrected chi connectivity index (χ4v) is 3.62. The number of benzene rings is 3. The maximum atomic E-state index is 10.0. The van der Waals surface area contributed by atoms with E-state index in [0.717, 1.165) is 9.13 Å². The number of aromatic nitrogens is 1. The summed E-state index contributed by atoms with van der Waals surface area (Å²) in [4.78, 5) is 8.93. The van der Waals surface area contributed by atoms with Crippen LogP contribution >= 0.6 is 45.8 Å². The van der Waals surface area contributed by atoms with E-state index in [2.05, 4.69) is 32.6 Å². The molecule has 0 aliphatic carbocycles. The summed E-state index contributed by atoms with van der Waals surface area (Å²) >= 11 is 14.2. The molecule has 0 fully saturated rings. The molecule has 1 aromatic heterocycles. The summed E-state index contributed by atoms with van der Waals surface area (Å²) in [7, 11) is 0. The number of fused-ring (bicyclic) bond motifs is 1. The van der Waals surface area contributed by atoms with Gasteiger partial charge >= 0.3 is 0 Å². The molecule has 4 nitrogen and oxygen atoms in total. The minimum Gasteiger partial charge on any atom is -0.506 e. The predicted molar refractivity (Wildman–Crippen MR) is 118 cm³/mol. The van der Waals surface area contributed by atoms with Crippen LogP contribution in [0.25, 0.3) is 22.6 Å². The van der Waals surface area contributed by atoms with E-state index in [4.69, 9.17) is 27.6 Å². The third-order valence-electron chi connectivity index (χ3n) is 3.85. The SMILES string of the molecule is Oc1c(Cl)cc(Cl)cc1C=Nc1ccc2oc(-c3cccc(I)c3)nc2c1. The molecule has 1 heterocycles. The van der Waals surface area contributed by atoms with Gasteiger partial charge in [-0.2, -0.15) is 0 Å². The molecule has 27 heavy (non-hydrogen) atoms. The maximum Gasteiger partial charge on any atom is 0.227 e. The van der Waals surface area contributed by atoms with Crippen LogP contribution in [-0.2, 0) is 0 Å². The Balaban J connectivity index is 1.68. The number of halogens is 3. The number of nitrogens with zero attached hydrogens (tertiary/aromatic N) is 2. The van der Waals surface area contributed by atoms with Crippen LogP contribution in [0.2, 0.25) is 10.0 Å². The molecule has 0 spiro atoms. The van der Waals surface area contributed by atoms with Gasteiger partial charge in [0, 0.05) is 25.9 Å². The van der Waals surface area contributed by atoms with Crippen LogP contribution in [0.1, 0.15) is 5.56 Å². The standard InChI is InChI=1S/C20H11Cl2IN2O2/c21-13-6-12(19(26)16(22)8-13)10-24-15-4-5-18-17(9-15)25-20(27-18)11-2-1-3-14(23)7-11/h1-10,26H. The van der Waals surface area contributed by atoms with E-state index in [-0.39, 0.29) is 10.8 Å². The molecule has 1 N–H and O–H groups in total. The monoisotopic (exact) mass is 508 g/mol. The van der Waals surface area contributed by atoms with E-state index < -0.39 is 0 Å². The molecule has 0 atom stereocenters. The van der Waals surface area contributed by atoms with Gasteiger partial charge in [-0.05, 0) is 71.1 Å². The van der Waals surface area contributed by atoms with Gasteiger partial charge in [0.25, 0.3) is 0 Å². The Morgan fingerprint density at radius 1 is 1.07 bits per heavy atom. The van der Waals surface area contributed by atoms with E-state index in [1.165, 1.54) is 12.3 Å². The third kappa shape index (κ3) is 3.95. The van der Waals surface area contributed by atoms with Gasteiger partial charge in [0.05, 0.1) is 10.7 Å². The summed E-state index contributed by atoms with van der Waals surface area (Å²) in [5.74, 6) is 0.497. The van der Waals surface area contributed by atoms with E-state index in [1.54, 1.807) is 6.07 Å². The van der Waals surface area contributed by atoms with Crippen molar-refractivity contribution >= 4 is 68.8 Å². The Morgan fingerprint density at radius 3 is 2.74 bits per heavy atom. The van der Waals surface area contributed by atoms with Crippen molar-refractivity contribution in [3.05, 3.63) is 73.8 Å². The highest BCUT2D eigenvalue weighted by Gasteiger charge is 2.10. The molecule has 0 saturated carbocycles. The molecule has 0 amide bonds. The average Bonchev–Trinajstić information content (AvgIpc) is 3.07. The topological polar surface area (TPSA) is 58.6 Å². The Morgan fingerprint density at radius 2 is 1.93 bits per heavy atom. The van der Waals surface area contributed by atoms with Crippen molar-refractivity contribution in [3.63, 3.8) is 0 Å². The average molecular weight is 509 g/mol. The fraction of sp³-hybridized carbons (Fsp3) is 0. The highest BCUT2D eigenvalue weighted by Crippen LogP contribution is 2.31. The lowest BCUT2D eigenvalue weighted by Gasteiger charge is -2.02. The fourth-order valence-electron chi connectivity index (χ4n) is 2.57. The van der Waals surface area contributed by atoms with Crippen LogP contribution in [-0.4, -0.2) is 16.3 Å². The number of oxazole rings is 1. The molecule has 0 aliphatic rings. The molecule has 0 saturated heterocycles. The molecule has 7 heteroatoms. The zero-order chi connectivity index (χ0) is 19.0. The largest absolute Gasteiger partial charge is 0.506 e. The van der Waals surface area contributed by atoms with Crippen LogP contribution in [0, 0.1) is 3.57 Å². The molecular weight excluding hydrogens is 498 g/mol. The number of phenolic OH excluding ortho intramolecular Hbond substituents is 1. The molecule has 0 radical (unpaired) electrons. The second kappa shape index (κ2) is 7.50. The summed E-state index contributed by atoms with van der Waals surface area (Å²) < 4.78 is 6.95. The summed E-state index contributed by atoms with van der Waals surface area (Å²) in [5.41, 5.74) is 3.40. The second-order valence-corrected chi connectivity index (χ2v) is 7.85. The Hall–Kier alpha value is -2.09. The van der Waals surface area contributed by atoms with Gasteiger partial charge in [0.15, 0.2) is 5.58 Å². The smallest absolute Gasteiger partial charge is 0.227 e. The van der Waals surface area contributed by atoms with Crippen molar-refractivity contribution < 1.29 is 9.52 Å². The summed E-state index contributed by atoms with van der Waals surface area (Å²) in [6.07, 6.45) is 1.51. The van der Waals surface area contributed by atoms with E-state index in [9.17, 15) is 5.11 Å². The molecule has 3 aromatic carbocycles. The zero-order valence-electron chi connectivity index (χ0n) is 13.7. The summed E-state index contributed by atoms with van der Waals surface area (Å²) in [5, 5.41) is 10.6. The lowest BCUT2D eigenvalue weighted by molar-refractivity contribution is 0.475. The van der Waals surface area contributed by atoms with Gasteiger partial charge < -0.3 is 9.52 Å². The van der Waals surface area contributed by atoms with E-state index in [1.807, 2.05) is 42.5 Å². The minimum atomic E-state index is -0.0618. The van der Waals surface area contributed by atoms with Gasteiger partial charge in [-0.3, -0.25) is 4.99 Å². The maximum absolute atomic E-state index is 10.0.